The zero-order valence-electron chi connectivity index (χ0n) is 17.4. The van der Waals surface area contributed by atoms with Crippen LogP contribution >= 0.6 is 12.2 Å². The Labute approximate surface area is 185 Å². The molecule has 1 aliphatic heterocycles. The Morgan fingerprint density at radius 2 is 2.00 bits per heavy atom. The summed E-state index contributed by atoms with van der Waals surface area (Å²) in [7, 11) is 0. The largest absolute Gasteiger partial charge is 0.381 e. The molecule has 0 unspecified atom stereocenters. The molecule has 1 aliphatic rings. The predicted molar refractivity (Wildman–Crippen MR) is 119 cm³/mol. The summed E-state index contributed by atoms with van der Waals surface area (Å²) in [6.45, 7) is 3.74. The third-order valence-electron chi connectivity index (χ3n) is 5.87. The number of carbonyl (C=O) groups excluding carboxylic acids is 1. The molecule has 8 heteroatoms. The van der Waals surface area contributed by atoms with E-state index in [-0.39, 0.29) is 23.7 Å². The number of ether oxygens (including phenoxy) is 1. The van der Waals surface area contributed by atoms with Crippen LogP contribution in [0.2, 0.25) is 0 Å². The number of aromatic amines is 1. The van der Waals surface area contributed by atoms with E-state index in [1.165, 1.54) is 12.1 Å². The van der Waals surface area contributed by atoms with E-state index in [0.29, 0.717) is 30.4 Å². The topological polar surface area (TPSA) is 71.9 Å². The highest BCUT2D eigenvalue weighted by Crippen LogP contribution is 2.34. The van der Waals surface area contributed by atoms with Crippen molar-refractivity contribution in [2.24, 2.45) is 0 Å². The fraction of sp³-hybridized carbons (Fsp3) is 0.348. The summed E-state index contributed by atoms with van der Waals surface area (Å²) in [6.07, 6.45) is 1.52. The molecule has 31 heavy (non-hydrogen) atoms. The molecule has 0 atom stereocenters. The molecule has 4 rings (SSSR count). The maximum Gasteiger partial charge on any atom is 0.240 e. The Hall–Kier alpha value is -2.84. The van der Waals surface area contributed by atoms with Crippen LogP contribution in [-0.2, 0) is 21.5 Å². The molecule has 162 valence electrons. The number of hydrogen-bond donors (Lipinski definition) is 2. The number of aryl methyl sites for hydroxylation is 1. The number of nitrogens with zero attached hydrogens (tertiary/aromatic N) is 2. The van der Waals surface area contributed by atoms with Gasteiger partial charge in [-0.2, -0.15) is 5.10 Å². The van der Waals surface area contributed by atoms with Gasteiger partial charge in [0.15, 0.2) is 10.6 Å². The summed E-state index contributed by atoms with van der Waals surface area (Å²) in [5.74, 6) is 0.204. The highest BCUT2D eigenvalue weighted by atomic mass is 32.1. The first kappa shape index (κ1) is 21.4. The molecule has 0 aliphatic carbocycles. The van der Waals surface area contributed by atoms with Gasteiger partial charge in [0.25, 0.3) is 0 Å². The number of amides is 1. The SMILES string of the molecule is Cc1cccc(-c2n[nH]c(=S)n2CC(=O)NCC2(c3ccc(F)cc3)CCOCC2)c1. The number of rotatable bonds is 6. The minimum absolute atomic E-state index is 0.0641. The lowest BCUT2D eigenvalue weighted by Crippen LogP contribution is -2.45. The van der Waals surface area contributed by atoms with Crippen molar-refractivity contribution >= 4 is 18.1 Å². The van der Waals surface area contributed by atoms with Gasteiger partial charge in [0.1, 0.15) is 12.4 Å². The summed E-state index contributed by atoms with van der Waals surface area (Å²) in [6, 6.07) is 14.4. The standard InChI is InChI=1S/C23H25FN4O2S/c1-16-3-2-4-17(13-16)21-26-27-22(31)28(21)14-20(29)25-15-23(9-11-30-12-10-23)18-5-7-19(24)8-6-18/h2-8,13H,9-12,14-15H2,1H3,(H,25,29)(H,27,31). The third kappa shape index (κ3) is 4.75. The van der Waals surface area contributed by atoms with Gasteiger partial charge in [-0.3, -0.25) is 14.5 Å². The Kier molecular flexibility index (Phi) is 6.29. The zero-order valence-corrected chi connectivity index (χ0v) is 18.2. The van der Waals surface area contributed by atoms with Crippen LogP contribution in [0.25, 0.3) is 11.4 Å². The summed E-state index contributed by atoms with van der Waals surface area (Å²) < 4.78 is 21.1. The summed E-state index contributed by atoms with van der Waals surface area (Å²) in [5, 5.41) is 10.2. The van der Waals surface area contributed by atoms with Crippen LogP contribution in [0, 0.1) is 17.5 Å². The molecule has 0 bridgehead atoms. The second-order valence-electron chi connectivity index (χ2n) is 7.98. The minimum Gasteiger partial charge on any atom is -0.381 e. The highest BCUT2D eigenvalue weighted by molar-refractivity contribution is 7.71. The van der Waals surface area contributed by atoms with Crippen molar-refractivity contribution in [1.29, 1.82) is 0 Å². The Balaban J connectivity index is 1.50. The van der Waals surface area contributed by atoms with Gasteiger partial charge in [-0.05, 0) is 55.7 Å². The Bertz CT molecular complexity index is 1120. The van der Waals surface area contributed by atoms with E-state index in [0.717, 1.165) is 29.5 Å². The molecule has 2 N–H and O–H groups in total. The average molecular weight is 441 g/mol. The Morgan fingerprint density at radius 1 is 1.26 bits per heavy atom. The van der Waals surface area contributed by atoms with Crippen molar-refractivity contribution in [3.63, 3.8) is 0 Å². The first-order valence-corrected chi connectivity index (χ1v) is 10.7. The maximum atomic E-state index is 13.4. The van der Waals surface area contributed by atoms with Gasteiger partial charge in [0, 0.05) is 30.7 Å². The van der Waals surface area contributed by atoms with Crippen molar-refractivity contribution in [2.45, 2.75) is 31.7 Å². The van der Waals surface area contributed by atoms with Crippen molar-refractivity contribution in [3.8, 4) is 11.4 Å². The molecule has 0 radical (unpaired) electrons. The number of hydrogen-bond acceptors (Lipinski definition) is 4. The lowest BCUT2D eigenvalue weighted by Gasteiger charge is -2.38. The van der Waals surface area contributed by atoms with Gasteiger partial charge in [-0.1, -0.05) is 35.9 Å². The number of benzene rings is 2. The van der Waals surface area contributed by atoms with Crippen LogP contribution in [0.4, 0.5) is 4.39 Å². The van der Waals surface area contributed by atoms with Gasteiger partial charge in [0.2, 0.25) is 5.91 Å². The summed E-state index contributed by atoms with van der Waals surface area (Å²) in [5.41, 5.74) is 2.73. The van der Waals surface area contributed by atoms with Crippen LogP contribution < -0.4 is 5.32 Å². The first-order valence-electron chi connectivity index (χ1n) is 10.3. The quantitative estimate of drug-likeness (QED) is 0.570. The van der Waals surface area contributed by atoms with Crippen LogP contribution in [-0.4, -0.2) is 40.4 Å². The van der Waals surface area contributed by atoms with Crippen LogP contribution in [0.3, 0.4) is 0 Å². The fourth-order valence-electron chi connectivity index (χ4n) is 4.07. The lowest BCUT2D eigenvalue weighted by atomic mass is 9.74. The maximum absolute atomic E-state index is 13.4. The number of H-pyrrole nitrogens is 1. The van der Waals surface area contributed by atoms with Gasteiger partial charge in [-0.25, -0.2) is 4.39 Å². The average Bonchev–Trinajstić information content (AvgIpc) is 3.13. The smallest absolute Gasteiger partial charge is 0.240 e. The molecule has 2 aromatic carbocycles. The van der Waals surface area contributed by atoms with Crippen molar-refractivity contribution in [1.82, 2.24) is 20.1 Å². The fourth-order valence-corrected chi connectivity index (χ4v) is 4.27. The van der Waals surface area contributed by atoms with Gasteiger partial charge >= 0.3 is 0 Å². The second kappa shape index (κ2) is 9.11. The van der Waals surface area contributed by atoms with Gasteiger partial charge < -0.3 is 10.1 Å². The van der Waals surface area contributed by atoms with Crippen molar-refractivity contribution in [2.75, 3.05) is 19.8 Å². The normalized spacial score (nSPS) is 15.5. The molecule has 1 saturated heterocycles. The summed E-state index contributed by atoms with van der Waals surface area (Å²) >= 11 is 5.36. The van der Waals surface area contributed by atoms with E-state index in [1.807, 2.05) is 31.2 Å². The summed E-state index contributed by atoms with van der Waals surface area (Å²) in [4.78, 5) is 12.9. The van der Waals surface area contributed by atoms with Gasteiger partial charge in [0.05, 0.1) is 0 Å². The molecule has 1 amide bonds. The lowest BCUT2D eigenvalue weighted by molar-refractivity contribution is -0.122. The minimum atomic E-state index is -0.279. The van der Waals surface area contributed by atoms with Crippen LogP contribution in [0.5, 0.6) is 0 Å². The molecule has 3 aromatic rings. The van der Waals surface area contributed by atoms with E-state index in [9.17, 15) is 9.18 Å². The Morgan fingerprint density at radius 3 is 2.71 bits per heavy atom. The van der Waals surface area contributed by atoms with E-state index >= 15 is 0 Å². The molecule has 2 heterocycles. The number of carbonyl (C=O) groups is 1. The van der Waals surface area contributed by atoms with Crippen LogP contribution in [0.1, 0.15) is 24.0 Å². The molecular formula is C23H25FN4O2S. The van der Waals surface area contributed by atoms with Gasteiger partial charge in [-0.15, -0.1) is 0 Å². The molecular weight excluding hydrogens is 415 g/mol. The van der Waals surface area contributed by atoms with Crippen LogP contribution in [0.15, 0.2) is 48.5 Å². The molecule has 0 saturated carbocycles. The van der Waals surface area contributed by atoms with E-state index in [1.54, 1.807) is 16.7 Å². The molecule has 6 nitrogen and oxygen atoms in total. The zero-order chi connectivity index (χ0) is 21.8. The van der Waals surface area contributed by atoms with E-state index in [4.69, 9.17) is 17.0 Å². The molecule has 1 fully saturated rings. The predicted octanol–water partition coefficient (Wildman–Crippen LogP) is 3.92. The number of halogens is 1. The monoisotopic (exact) mass is 440 g/mol. The van der Waals surface area contributed by atoms with E-state index < -0.39 is 0 Å². The third-order valence-corrected chi connectivity index (χ3v) is 6.18. The van der Waals surface area contributed by atoms with E-state index in [2.05, 4.69) is 15.5 Å². The molecule has 0 spiro atoms. The highest BCUT2D eigenvalue weighted by Gasteiger charge is 2.35. The van der Waals surface area contributed by atoms with Crippen molar-refractivity contribution in [3.05, 3.63) is 70.2 Å². The number of aromatic nitrogens is 3. The molecule has 1 aromatic heterocycles. The van der Waals surface area contributed by atoms with Crippen molar-refractivity contribution < 1.29 is 13.9 Å². The first-order chi connectivity index (χ1) is 15.0. The second-order valence-corrected chi connectivity index (χ2v) is 8.37. The number of nitrogens with one attached hydrogen (secondary N) is 2.